The summed E-state index contributed by atoms with van der Waals surface area (Å²) in [4.78, 5) is 57.9. The second-order valence-corrected chi connectivity index (χ2v) is 9.65. The van der Waals surface area contributed by atoms with Crippen LogP contribution in [0.3, 0.4) is 0 Å². The molecule has 0 radical (unpaired) electrons. The van der Waals surface area contributed by atoms with Crippen molar-refractivity contribution >= 4 is 46.9 Å². The zero-order valence-corrected chi connectivity index (χ0v) is 22.2. The Kier molecular flexibility index (Phi) is 9.08. The number of hydrogen-bond donors (Lipinski definition) is 4. The van der Waals surface area contributed by atoms with Crippen LogP contribution in [0.15, 0.2) is 47.3 Å². The Labute approximate surface area is 232 Å². The van der Waals surface area contributed by atoms with Gasteiger partial charge in [0.2, 0.25) is 11.9 Å². The number of fused-ring (bicyclic) bond motifs is 1. The quantitative estimate of drug-likeness (QED) is 0.0823. The van der Waals surface area contributed by atoms with E-state index in [1.54, 1.807) is 21.9 Å². The van der Waals surface area contributed by atoms with Crippen LogP contribution < -0.4 is 25.6 Å². The number of aliphatic carboxylic acids is 1. The first-order valence-corrected chi connectivity index (χ1v) is 13.0. The second-order valence-electron chi connectivity index (χ2n) is 8.55. The fraction of sp³-hybridized carbons (Fsp3) is 0.391. The third kappa shape index (κ3) is 5.95. The van der Waals surface area contributed by atoms with E-state index in [0.29, 0.717) is 11.4 Å². The van der Waals surface area contributed by atoms with Gasteiger partial charge >= 0.3 is 0 Å². The zero-order chi connectivity index (χ0) is 28.8. The first-order chi connectivity index (χ1) is 19.3. The molecule has 4 rings (SSSR count). The van der Waals surface area contributed by atoms with Crippen LogP contribution in [-0.4, -0.2) is 104 Å². The molecule has 1 fully saturated rings. The number of nitrogens with zero attached hydrogens (tertiary/aromatic N) is 7. The average molecular weight is 574 g/mol. The molecule has 17 heteroatoms. The van der Waals surface area contributed by atoms with E-state index in [0.717, 1.165) is 4.90 Å². The van der Waals surface area contributed by atoms with Gasteiger partial charge in [-0.25, -0.2) is 15.0 Å². The molecule has 2 aromatic heterocycles. The number of aliphatic hydroxyl groups excluding tert-OH is 2. The van der Waals surface area contributed by atoms with Gasteiger partial charge in [-0.15, -0.1) is 11.8 Å². The van der Waals surface area contributed by atoms with E-state index in [1.807, 2.05) is 0 Å². The molecule has 4 heterocycles. The van der Waals surface area contributed by atoms with Crippen LogP contribution in [0.4, 0.5) is 11.6 Å². The van der Waals surface area contributed by atoms with Gasteiger partial charge in [0.15, 0.2) is 24.4 Å². The Balaban J connectivity index is 1.53. The molecule has 2 atom stereocenters. The average Bonchev–Trinajstić information content (AvgIpc) is 2.94. The van der Waals surface area contributed by atoms with Gasteiger partial charge in [0.25, 0.3) is 11.8 Å². The van der Waals surface area contributed by atoms with Crippen molar-refractivity contribution in [1.82, 2.24) is 25.2 Å². The number of amides is 2. The first kappa shape index (κ1) is 28.7. The first-order valence-electron chi connectivity index (χ1n) is 12.0. The molecule has 0 aromatic carbocycles. The fourth-order valence-electron chi connectivity index (χ4n) is 4.25. The Bertz CT molecular complexity index is 1350. The minimum absolute atomic E-state index is 0.0975. The highest BCUT2D eigenvalue weighted by Gasteiger charge is 2.53. The molecular weight excluding hydrogens is 546 g/mol. The largest absolute Gasteiger partial charge is 0.543 e. The van der Waals surface area contributed by atoms with E-state index in [2.05, 4.69) is 25.4 Å². The number of carboxylic acids is 1. The normalized spacial score (nSPS) is 18.6. The SMILES string of the molecule is CON=C(C(=O)NC1C(=O)N2C(C(=O)[O-])=C(C[n+]3ccnc(N(CCO)CCO)c3)CS[C@@H]12)c1nccc(N)n1. The van der Waals surface area contributed by atoms with E-state index in [1.165, 1.54) is 37.3 Å². The number of thioether (sulfide) groups is 1. The summed E-state index contributed by atoms with van der Waals surface area (Å²) >= 11 is 1.28. The summed E-state index contributed by atoms with van der Waals surface area (Å²) < 4.78 is 1.69. The zero-order valence-electron chi connectivity index (χ0n) is 21.3. The van der Waals surface area contributed by atoms with Crippen LogP contribution in [0.5, 0.6) is 0 Å². The number of carbonyl (C=O) groups is 3. The maximum Gasteiger partial charge on any atom is 0.278 e. The summed E-state index contributed by atoms with van der Waals surface area (Å²) in [5, 5.41) is 36.3. The molecule has 5 N–H and O–H groups in total. The minimum atomic E-state index is -1.52. The van der Waals surface area contributed by atoms with E-state index in [4.69, 9.17) is 10.6 Å². The number of carbonyl (C=O) groups excluding carboxylic acids is 3. The van der Waals surface area contributed by atoms with Crippen LogP contribution in [0, 0.1) is 0 Å². The Morgan fingerprint density at radius 1 is 1.32 bits per heavy atom. The number of hydrogen-bond acceptors (Lipinski definition) is 14. The molecule has 1 unspecified atom stereocenters. The van der Waals surface area contributed by atoms with E-state index >= 15 is 0 Å². The third-order valence-electron chi connectivity index (χ3n) is 6.00. The highest BCUT2D eigenvalue weighted by atomic mass is 32.2. The Morgan fingerprint density at radius 3 is 2.73 bits per heavy atom. The van der Waals surface area contributed by atoms with Crippen LogP contribution in [0.25, 0.3) is 0 Å². The highest BCUT2D eigenvalue weighted by Crippen LogP contribution is 2.40. The number of nitrogens with two attached hydrogens (primary N) is 1. The topological polar surface area (TPSA) is 223 Å². The molecule has 2 aliphatic rings. The highest BCUT2D eigenvalue weighted by molar-refractivity contribution is 8.00. The molecule has 2 aromatic rings. The number of oxime groups is 1. The van der Waals surface area contributed by atoms with Crippen molar-refractivity contribution in [1.29, 1.82) is 0 Å². The Morgan fingerprint density at radius 2 is 2.08 bits per heavy atom. The van der Waals surface area contributed by atoms with Crippen molar-refractivity contribution in [3.63, 3.8) is 0 Å². The van der Waals surface area contributed by atoms with E-state index < -0.39 is 29.2 Å². The molecule has 0 bridgehead atoms. The number of rotatable bonds is 12. The number of anilines is 2. The number of aliphatic hydroxyl groups is 2. The maximum atomic E-state index is 13.1. The van der Waals surface area contributed by atoms with Gasteiger partial charge in [0.05, 0.1) is 31.1 Å². The van der Waals surface area contributed by atoms with Crippen molar-refractivity contribution < 1.29 is 39.1 Å². The number of nitrogens with one attached hydrogen (secondary N) is 1. The number of β-lactam (4-membered cyclic amide) rings is 1. The molecule has 0 spiro atoms. The number of nitrogen functional groups attached to an aromatic ring is 1. The summed E-state index contributed by atoms with van der Waals surface area (Å²) in [5.74, 6) is -2.25. The van der Waals surface area contributed by atoms with E-state index in [-0.39, 0.29) is 61.7 Å². The van der Waals surface area contributed by atoms with Gasteiger partial charge in [0.1, 0.15) is 24.3 Å². The lowest BCUT2D eigenvalue weighted by Crippen LogP contribution is -2.71. The lowest BCUT2D eigenvalue weighted by atomic mass is 10.0. The number of aromatic nitrogens is 4. The smallest absolute Gasteiger partial charge is 0.278 e. The second kappa shape index (κ2) is 12.7. The molecule has 1 saturated heterocycles. The van der Waals surface area contributed by atoms with Crippen molar-refractivity contribution in [2.24, 2.45) is 5.16 Å². The summed E-state index contributed by atoms with van der Waals surface area (Å²) in [5.41, 5.74) is 5.52. The third-order valence-corrected chi connectivity index (χ3v) is 7.34. The van der Waals surface area contributed by atoms with Gasteiger partial charge in [-0.2, -0.15) is 4.57 Å². The van der Waals surface area contributed by atoms with Crippen LogP contribution in [-0.2, 0) is 25.8 Å². The van der Waals surface area contributed by atoms with Crippen molar-refractivity contribution in [3.8, 4) is 0 Å². The molecular formula is C23H27N9O7S. The van der Waals surface area contributed by atoms with Crippen molar-refractivity contribution in [2.75, 3.05) is 49.8 Å². The molecule has 0 saturated carbocycles. The maximum absolute atomic E-state index is 13.1. The number of carboxylic acid groups (broad SMARTS) is 1. The lowest BCUT2D eigenvalue weighted by molar-refractivity contribution is -0.688. The van der Waals surface area contributed by atoms with Gasteiger partial charge in [-0.3, -0.25) is 14.5 Å². The molecule has 2 aliphatic heterocycles. The monoisotopic (exact) mass is 573 g/mol. The van der Waals surface area contributed by atoms with Crippen molar-refractivity contribution in [3.05, 3.63) is 47.9 Å². The Hall–Kier alpha value is -4.35. The summed E-state index contributed by atoms with van der Waals surface area (Å²) in [6.45, 7) is 0.322. The van der Waals surface area contributed by atoms with E-state index in [9.17, 15) is 29.7 Å². The van der Waals surface area contributed by atoms with Gasteiger partial charge in [-0.1, -0.05) is 5.16 Å². The minimum Gasteiger partial charge on any atom is -0.543 e. The van der Waals surface area contributed by atoms with Gasteiger partial charge < -0.3 is 40.9 Å². The predicted molar refractivity (Wildman–Crippen MR) is 138 cm³/mol. The van der Waals surface area contributed by atoms with Crippen LogP contribution in [0.2, 0.25) is 0 Å². The van der Waals surface area contributed by atoms with Crippen LogP contribution >= 0.6 is 11.8 Å². The molecule has 0 aliphatic carbocycles. The lowest BCUT2D eigenvalue weighted by Gasteiger charge is -2.50. The van der Waals surface area contributed by atoms with Crippen molar-refractivity contribution in [2.45, 2.75) is 18.0 Å². The molecule has 212 valence electrons. The molecule has 40 heavy (non-hydrogen) atoms. The standard InChI is InChI=1S/C23H27N9O7S/c1-39-29-16(19-26-3-2-14(24)27-19)20(35)28-17-21(36)32-18(23(37)38)13(12-40-22(17)32)10-30-5-4-25-15(11-30)31(6-8-33)7-9-34/h2-5,11,17,22,33-34H,6-10,12H2,1H3,(H3-,24,26,27,28,35,37,38)/t17?,22-/m0/s1. The van der Waals surface area contributed by atoms with Gasteiger partial charge in [-0.05, 0) is 6.07 Å². The van der Waals surface area contributed by atoms with Gasteiger partial charge in [0, 0.05) is 30.6 Å². The molecule has 2 amide bonds. The molecule has 16 nitrogen and oxygen atoms in total. The summed E-state index contributed by atoms with van der Waals surface area (Å²) in [6.07, 6.45) is 6.13. The summed E-state index contributed by atoms with van der Waals surface area (Å²) in [6, 6.07) is 0.385. The summed E-state index contributed by atoms with van der Waals surface area (Å²) in [7, 11) is 1.23. The predicted octanol–water partition coefficient (Wildman–Crippen LogP) is -4.01. The van der Waals surface area contributed by atoms with Crippen LogP contribution in [0.1, 0.15) is 5.82 Å². The fourth-order valence-corrected chi connectivity index (χ4v) is 5.58.